The van der Waals surface area contributed by atoms with Crippen LogP contribution in [-0.4, -0.2) is 42.8 Å². The zero-order valence-electron chi connectivity index (χ0n) is 10.7. The third-order valence-corrected chi connectivity index (χ3v) is 3.77. The first-order valence-electron chi connectivity index (χ1n) is 6.35. The van der Waals surface area contributed by atoms with Crippen LogP contribution in [0.15, 0.2) is 18.2 Å². The Balaban J connectivity index is 2.24. The highest BCUT2D eigenvalue weighted by atomic mass is 16.3. The lowest BCUT2D eigenvalue weighted by Crippen LogP contribution is -2.46. The lowest BCUT2D eigenvalue weighted by molar-refractivity contribution is 0.110. The van der Waals surface area contributed by atoms with Crippen molar-refractivity contribution in [3.05, 3.63) is 34.9 Å². The summed E-state index contributed by atoms with van der Waals surface area (Å²) in [6.07, 6.45) is 0. The summed E-state index contributed by atoms with van der Waals surface area (Å²) in [7, 11) is 0. The summed E-state index contributed by atoms with van der Waals surface area (Å²) in [5.74, 6) is 0. The van der Waals surface area contributed by atoms with E-state index in [2.05, 4.69) is 42.3 Å². The van der Waals surface area contributed by atoms with Crippen LogP contribution in [0.25, 0.3) is 0 Å². The highest BCUT2D eigenvalue weighted by Crippen LogP contribution is 2.25. The fourth-order valence-electron chi connectivity index (χ4n) is 2.54. The molecule has 1 aliphatic rings. The van der Waals surface area contributed by atoms with Crippen LogP contribution in [0.3, 0.4) is 0 Å². The van der Waals surface area contributed by atoms with Gasteiger partial charge in [0.1, 0.15) is 0 Å². The molecule has 3 nitrogen and oxygen atoms in total. The van der Waals surface area contributed by atoms with Crippen LogP contribution in [-0.2, 0) is 0 Å². The molecule has 1 unspecified atom stereocenters. The van der Waals surface area contributed by atoms with Crippen LogP contribution in [0.1, 0.15) is 22.7 Å². The summed E-state index contributed by atoms with van der Waals surface area (Å²) in [4.78, 5) is 2.37. The number of benzene rings is 1. The molecule has 3 heteroatoms. The van der Waals surface area contributed by atoms with Gasteiger partial charge in [-0.15, -0.1) is 0 Å². The van der Waals surface area contributed by atoms with Gasteiger partial charge in [0.05, 0.1) is 12.6 Å². The average Bonchev–Trinajstić information content (AvgIpc) is 2.37. The number of aryl methyl sites for hydroxylation is 1. The van der Waals surface area contributed by atoms with Crippen LogP contribution in [0, 0.1) is 13.8 Å². The molecule has 0 amide bonds. The molecule has 94 valence electrons. The Morgan fingerprint density at radius 1 is 1.29 bits per heavy atom. The Morgan fingerprint density at radius 2 is 2.00 bits per heavy atom. The van der Waals surface area contributed by atoms with E-state index in [9.17, 15) is 5.11 Å². The SMILES string of the molecule is Cc1cccc(C(CO)N2CCNCC2)c1C. The van der Waals surface area contributed by atoms with Gasteiger partial charge < -0.3 is 10.4 Å². The van der Waals surface area contributed by atoms with E-state index in [0.717, 1.165) is 26.2 Å². The van der Waals surface area contributed by atoms with Gasteiger partial charge in [-0.3, -0.25) is 4.90 Å². The Hall–Kier alpha value is -0.900. The minimum absolute atomic E-state index is 0.150. The molecule has 0 bridgehead atoms. The molecule has 1 heterocycles. The molecule has 1 saturated heterocycles. The third-order valence-electron chi connectivity index (χ3n) is 3.77. The van der Waals surface area contributed by atoms with Crippen molar-refractivity contribution in [3.8, 4) is 0 Å². The largest absolute Gasteiger partial charge is 0.394 e. The smallest absolute Gasteiger partial charge is 0.0628 e. The van der Waals surface area contributed by atoms with E-state index in [-0.39, 0.29) is 12.6 Å². The number of hydrogen-bond donors (Lipinski definition) is 2. The van der Waals surface area contributed by atoms with Gasteiger partial charge >= 0.3 is 0 Å². The van der Waals surface area contributed by atoms with Crippen molar-refractivity contribution < 1.29 is 5.11 Å². The maximum atomic E-state index is 9.68. The van der Waals surface area contributed by atoms with Crippen molar-refractivity contribution >= 4 is 0 Å². The van der Waals surface area contributed by atoms with Crippen LogP contribution in [0.5, 0.6) is 0 Å². The van der Waals surface area contributed by atoms with E-state index in [0.29, 0.717) is 0 Å². The summed E-state index contributed by atoms with van der Waals surface area (Å²) in [6, 6.07) is 6.51. The van der Waals surface area contributed by atoms with Gasteiger partial charge in [-0.2, -0.15) is 0 Å². The summed E-state index contributed by atoms with van der Waals surface area (Å²) >= 11 is 0. The second-order valence-electron chi connectivity index (χ2n) is 4.77. The molecule has 2 N–H and O–H groups in total. The number of nitrogens with zero attached hydrogens (tertiary/aromatic N) is 1. The first-order valence-corrected chi connectivity index (χ1v) is 6.35. The molecule has 1 fully saturated rings. The van der Waals surface area contributed by atoms with E-state index in [1.54, 1.807) is 0 Å². The second kappa shape index (κ2) is 5.63. The van der Waals surface area contributed by atoms with Crippen LogP contribution >= 0.6 is 0 Å². The van der Waals surface area contributed by atoms with Crippen LogP contribution in [0.4, 0.5) is 0 Å². The number of piperazine rings is 1. The molecule has 0 radical (unpaired) electrons. The normalized spacial score (nSPS) is 19.2. The molecule has 1 aromatic rings. The number of hydrogen-bond acceptors (Lipinski definition) is 3. The van der Waals surface area contributed by atoms with Gasteiger partial charge in [0.15, 0.2) is 0 Å². The predicted molar refractivity (Wildman–Crippen MR) is 70.2 cm³/mol. The zero-order valence-corrected chi connectivity index (χ0v) is 10.7. The molecule has 17 heavy (non-hydrogen) atoms. The van der Waals surface area contributed by atoms with Gasteiger partial charge in [-0.1, -0.05) is 18.2 Å². The Kier molecular flexibility index (Phi) is 4.15. The number of nitrogens with one attached hydrogen (secondary N) is 1. The number of rotatable bonds is 3. The molecule has 1 aliphatic heterocycles. The Bertz CT molecular complexity index is 372. The van der Waals surface area contributed by atoms with Gasteiger partial charge in [-0.25, -0.2) is 0 Å². The van der Waals surface area contributed by atoms with Crippen molar-refractivity contribution in [2.45, 2.75) is 19.9 Å². The topological polar surface area (TPSA) is 35.5 Å². The summed E-state index contributed by atoms with van der Waals surface area (Å²) in [6.45, 7) is 8.53. The minimum Gasteiger partial charge on any atom is -0.394 e. The van der Waals surface area contributed by atoms with Crippen molar-refractivity contribution in [2.24, 2.45) is 0 Å². The Morgan fingerprint density at radius 3 is 2.65 bits per heavy atom. The first-order chi connectivity index (χ1) is 8.24. The molecular formula is C14H22N2O. The molecule has 1 aromatic carbocycles. The first kappa shape index (κ1) is 12.6. The van der Waals surface area contributed by atoms with E-state index in [4.69, 9.17) is 0 Å². The highest BCUT2D eigenvalue weighted by Gasteiger charge is 2.22. The molecule has 0 spiro atoms. The number of aliphatic hydroxyl groups excluding tert-OH is 1. The van der Waals surface area contributed by atoms with Crippen molar-refractivity contribution in [3.63, 3.8) is 0 Å². The molecule has 0 aliphatic carbocycles. The minimum atomic E-state index is 0.150. The van der Waals surface area contributed by atoms with E-state index in [1.165, 1.54) is 16.7 Å². The van der Waals surface area contributed by atoms with Gasteiger partial charge in [0.2, 0.25) is 0 Å². The maximum absolute atomic E-state index is 9.68. The lowest BCUT2D eigenvalue weighted by atomic mass is 9.96. The zero-order chi connectivity index (χ0) is 12.3. The molecule has 2 rings (SSSR count). The van der Waals surface area contributed by atoms with E-state index in [1.807, 2.05) is 0 Å². The lowest BCUT2D eigenvalue weighted by Gasteiger charge is -2.35. The maximum Gasteiger partial charge on any atom is 0.0628 e. The second-order valence-corrected chi connectivity index (χ2v) is 4.77. The predicted octanol–water partition coefficient (Wildman–Crippen LogP) is 1.24. The summed E-state index contributed by atoms with van der Waals surface area (Å²) < 4.78 is 0. The molecule has 0 aromatic heterocycles. The van der Waals surface area contributed by atoms with Crippen molar-refractivity contribution in [2.75, 3.05) is 32.8 Å². The standard InChI is InChI=1S/C14H22N2O/c1-11-4-3-5-13(12(11)2)14(10-17)16-8-6-15-7-9-16/h3-5,14-15,17H,6-10H2,1-2H3. The summed E-state index contributed by atoms with van der Waals surface area (Å²) in [5.41, 5.74) is 3.88. The van der Waals surface area contributed by atoms with Gasteiger partial charge in [-0.05, 0) is 30.5 Å². The summed E-state index contributed by atoms with van der Waals surface area (Å²) in [5, 5.41) is 13.0. The van der Waals surface area contributed by atoms with Crippen molar-refractivity contribution in [1.82, 2.24) is 10.2 Å². The fraction of sp³-hybridized carbons (Fsp3) is 0.571. The van der Waals surface area contributed by atoms with E-state index >= 15 is 0 Å². The van der Waals surface area contributed by atoms with Crippen molar-refractivity contribution in [1.29, 1.82) is 0 Å². The van der Waals surface area contributed by atoms with Crippen LogP contribution < -0.4 is 5.32 Å². The Labute approximate surface area is 103 Å². The number of aliphatic hydroxyl groups is 1. The van der Waals surface area contributed by atoms with Gasteiger partial charge in [0.25, 0.3) is 0 Å². The third kappa shape index (κ3) is 2.68. The molecular weight excluding hydrogens is 212 g/mol. The molecule has 1 atom stereocenters. The fourth-order valence-corrected chi connectivity index (χ4v) is 2.54. The average molecular weight is 234 g/mol. The highest BCUT2D eigenvalue weighted by molar-refractivity contribution is 5.35. The van der Waals surface area contributed by atoms with E-state index < -0.39 is 0 Å². The monoisotopic (exact) mass is 234 g/mol. The van der Waals surface area contributed by atoms with Crippen LogP contribution in [0.2, 0.25) is 0 Å². The van der Waals surface area contributed by atoms with Gasteiger partial charge in [0, 0.05) is 26.2 Å². The quantitative estimate of drug-likeness (QED) is 0.826. The molecule has 0 saturated carbocycles.